The van der Waals surface area contributed by atoms with E-state index in [-0.39, 0.29) is 11.6 Å². The van der Waals surface area contributed by atoms with E-state index in [1.54, 1.807) is 0 Å². The maximum Gasteiger partial charge on any atom is 0.0885 e. The predicted molar refractivity (Wildman–Crippen MR) is 79.7 cm³/mol. The molecular formula is C16H30N2O. The Morgan fingerprint density at radius 2 is 1.95 bits per heavy atom. The highest BCUT2D eigenvalue weighted by Gasteiger charge is 2.41. The lowest BCUT2D eigenvalue weighted by Crippen LogP contribution is -2.56. The number of nitrogens with two attached hydrogens (primary N) is 1. The molecule has 3 heteroatoms. The van der Waals surface area contributed by atoms with Crippen molar-refractivity contribution < 1.29 is 4.74 Å². The molecule has 2 rings (SSSR count). The second-order valence-corrected chi connectivity index (χ2v) is 6.04. The van der Waals surface area contributed by atoms with Crippen LogP contribution in [0.3, 0.4) is 0 Å². The minimum absolute atomic E-state index is 0.0663. The number of allylic oxidation sites excluding steroid dienone is 1. The largest absolute Gasteiger partial charge is 0.373 e. The Balaban J connectivity index is 2.20. The van der Waals surface area contributed by atoms with Gasteiger partial charge in [0.05, 0.1) is 11.6 Å². The molecule has 110 valence electrons. The Labute approximate surface area is 117 Å². The highest BCUT2D eigenvalue weighted by molar-refractivity contribution is 5.19. The first-order chi connectivity index (χ1) is 9.32. The van der Waals surface area contributed by atoms with Crippen molar-refractivity contribution in [1.29, 1.82) is 0 Å². The fourth-order valence-electron chi connectivity index (χ4n) is 3.85. The number of rotatable bonds is 5. The fourth-order valence-corrected chi connectivity index (χ4v) is 3.85. The summed E-state index contributed by atoms with van der Waals surface area (Å²) >= 11 is 0. The fraction of sp³-hybridized carbons (Fsp3) is 0.875. The van der Waals surface area contributed by atoms with E-state index in [0.717, 1.165) is 19.4 Å². The van der Waals surface area contributed by atoms with Gasteiger partial charge in [-0.15, -0.1) is 0 Å². The SMILES string of the molecule is CCOC1(C(NN)C2=CCCCC2)CCCCCC1. The lowest BCUT2D eigenvalue weighted by atomic mass is 9.79. The summed E-state index contributed by atoms with van der Waals surface area (Å²) in [5.74, 6) is 5.93. The van der Waals surface area contributed by atoms with Gasteiger partial charge >= 0.3 is 0 Å². The van der Waals surface area contributed by atoms with Gasteiger partial charge in [-0.1, -0.05) is 37.3 Å². The van der Waals surface area contributed by atoms with Crippen molar-refractivity contribution in [1.82, 2.24) is 5.43 Å². The van der Waals surface area contributed by atoms with Gasteiger partial charge in [0.2, 0.25) is 0 Å². The highest BCUT2D eigenvalue weighted by Crippen LogP contribution is 2.38. The molecule has 0 amide bonds. The van der Waals surface area contributed by atoms with Crippen molar-refractivity contribution in [3.8, 4) is 0 Å². The van der Waals surface area contributed by atoms with E-state index in [1.807, 2.05) is 0 Å². The number of hydrogen-bond acceptors (Lipinski definition) is 3. The second-order valence-electron chi connectivity index (χ2n) is 6.04. The summed E-state index contributed by atoms with van der Waals surface area (Å²) in [6, 6.07) is 0.214. The van der Waals surface area contributed by atoms with Gasteiger partial charge in [-0.25, -0.2) is 0 Å². The van der Waals surface area contributed by atoms with Crippen molar-refractivity contribution in [2.24, 2.45) is 5.84 Å². The van der Waals surface area contributed by atoms with E-state index in [4.69, 9.17) is 10.6 Å². The molecule has 1 fully saturated rings. The van der Waals surface area contributed by atoms with Gasteiger partial charge in [0.15, 0.2) is 0 Å². The molecule has 0 aromatic heterocycles. The smallest absolute Gasteiger partial charge is 0.0885 e. The topological polar surface area (TPSA) is 47.3 Å². The summed E-state index contributed by atoms with van der Waals surface area (Å²) < 4.78 is 6.27. The quantitative estimate of drug-likeness (QED) is 0.347. The zero-order chi connectivity index (χ0) is 13.6. The van der Waals surface area contributed by atoms with Gasteiger partial charge in [0.25, 0.3) is 0 Å². The minimum Gasteiger partial charge on any atom is -0.373 e. The zero-order valence-electron chi connectivity index (χ0n) is 12.4. The van der Waals surface area contributed by atoms with Crippen molar-refractivity contribution in [3.63, 3.8) is 0 Å². The molecule has 3 nitrogen and oxygen atoms in total. The third kappa shape index (κ3) is 3.59. The Morgan fingerprint density at radius 1 is 1.21 bits per heavy atom. The summed E-state index contributed by atoms with van der Waals surface area (Å²) in [5.41, 5.74) is 4.53. The lowest BCUT2D eigenvalue weighted by molar-refractivity contribution is -0.0694. The molecule has 2 aliphatic carbocycles. The van der Waals surface area contributed by atoms with E-state index in [9.17, 15) is 0 Å². The van der Waals surface area contributed by atoms with Crippen LogP contribution in [-0.4, -0.2) is 18.2 Å². The van der Waals surface area contributed by atoms with Crippen LogP contribution < -0.4 is 11.3 Å². The molecule has 19 heavy (non-hydrogen) atoms. The standard InChI is InChI=1S/C16H30N2O/c1-2-19-16(12-8-3-4-9-13-16)15(18-17)14-10-6-5-7-11-14/h10,15,18H,2-9,11-13,17H2,1H3. The maximum atomic E-state index is 6.27. The number of ether oxygens (including phenoxy) is 1. The van der Waals surface area contributed by atoms with Gasteiger partial charge in [-0.3, -0.25) is 11.3 Å². The zero-order valence-corrected chi connectivity index (χ0v) is 12.4. The first-order valence-corrected chi connectivity index (χ1v) is 8.11. The molecule has 1 unspecified atom stereocenters. The third-order valence-corrected chi connectivity index (χ3v) is 4.77. The number of hydrazine groups is 1. The lowest BCUT2D eigenvalue weighted by Gasteiger charge is -2.41. The van der Waals surface area contributed by atoms with Crippen LogP contribution in [-0.2, 0) is 4.74 Å². The van der Waals surface area contributed by atoms with Gasteiger partial charge in [-0.05, 0) is 45.4 Å². The van der Waals surface area contributed by atoms with Crippen LogP contribution in [0.4, 0.5) is 0 Å². The average Bonchev–Trinajstić information content (AvgIpc) is 2.68. The maximum absolute atomic E-state index is 6.27. The van der Waals surface area contributed by atoms with E-state index in [1.165, 1.54) is 56.9 Å². The van der Waals surface area contributed by atoms with Gasteiger partial charge < -0.3 is 4.74 Å². The monoisotopic (exact) mass is 266 g/mol. The Morgan fingerprint density at radius 3 is 2.47 bits per heavy atom. The number of nitrogens with one attached hydrogen (secondary N) is 1. The predicted octanol–water partition coefficient (Wildman–Crippen LogP) is 3.45. The van der Waals surface area contributed by atoms with Crippen molar-refractivity contribution in [2.45, 2.75) is 82.8 Å². The molecule has 0 radical (unpaired) electrons. The van der Waals surface area contributed by atoms with Crippen LogP contribution >= 0.6 is 0 Å². The van der Waals surface area contributed by atoms with Crippen LogP contribution in [0.1, 0.15) is 71.1 Å². The highest BCUT2D eigenvalue weighted by atomic mass is 16.5. The van der Waals surface area contributed by atoms with Gasteiger partial charge in [-0.2, -0.15) is 0 Å². The molecule has 0 aromatic rings. The van der Waals surface area contributed by atoms with E-state index < -0.39 is 0 Å². The average molecular weight is 266 g/mol. The van der Waals surface area contributed by atoms with Crippen LogP contribution in [0.25, 0.3) is 0 Å². The Bertz CT molecular complexity index is 293. The van der Waals surface area contributed by atoms with Crippen LogP contribution in [0.5, 0.6) is 0 Å². The molecule has 2 aliphatic rings. The summed E-state index contributed by atoms with van der Waals surface area (Å²) in [5, 5.41) is 0. The van der Waals surface area contributed by atoms with E-state index >= 15 is 0 Å². The number of hydrogen-bond donors (Lipinski definition) is 2. The third-order valence-electron chi connectivity index (χ3n) is 4.77. The van der Waals surface area contributed by atoms with E-state index in [0.29, 0.717) is 0 Å². The molecule has 0 aliphatic heterocycles. The van der Waals surface area contributed by atoms with Gasteiger partial charge in [0.1, 0.15) is 0 Å². The molecule has 0 saturated heterocycles. The summed E-state index contributed by atoms with van der Waals surface area (Å²) in [4.78, 5) is 0. The summed E-state index contributed by atoms with van der Waals surface area (Å²) in [6.07, 6.45) is 14.9. The Hall–Kier alpha value is -0.380. The first-order valence-electron chi connectivity index (χ1n) is 8.11. The minimum atomic E-state index is -0.0663. The van der Waals surface area contributed by atoms with Crippen molar-refractivity contribution >= 4 is 0 Å². The molecule has 1 atom stereocenters. The second kappa shape index (κ2) is 7.41. The summed E-state index contributed by atoms with van der Waals surface area (Å²) in [7, 11) is 0. The molecule has 0 bridgehead atoms. The van der Waals surface area contributed by atoms with Crippen LogP contribution in [0.2, 0.25) is 0 Å². The first kappa shape index (κ1) is 15.0. The van der Waals surface area contributed by atoms with Gasteiger partial charge in [0, 0.05) is 6.61 Å². The van der Waals surface area contributed by atoms with Crippen LogP contribution in [0.15, 0.2) is 11.6 Å². The van der Waals surface area contributed by atoms with Crippen molar-refractivity contribution in [3.05, 3.63) is 11.6 Å². The summed E-state index contributed by atoms with van der Waals surface area (Å²) in [6.45, 7) is 2.89. The molecule has 0 heterocycles. The molecular weight excluding hydrogens is 236 g/mol. The molecule has 0 aromatic carbocycles. The molecule has 1 saturated carbocycles. The van der Waals surface area contributed by atoms with Crippen LogP contribution in [0, 0.1) is 0 Å². The molecule has 3 N–H and O–H groups in total. The van der Waals surface area contributed by atoms with Crippen molar-refractivity contribution in [2.75, 3.05) is 6.61 Å². The molecule has 0 spiro atoms. The normalized spacial score (nSPS) is 25.5. The Kier molecular flexibility index (Phi) is 5.86. The van der Waals surface area contributed by atoms with E-state index in [2.05, 4.69) is 18.4 Å².